The maximum Gasteiger partial charge on any atom is 0.259 e. The molecular formula is C24H24N4O3. The Morgan fingerprint density at radius 1 is 1.19 bits per heavy atom. The van der Waals surface area contributed by atoms with Crippen molar-refractivity contribution in [1.29, 1.82) is 0 Å². The Kier molecular flexibility index (Phi) is 4.73. The van der Waals surface area contributed by atoms with Gasteiger partial charge in [-0.1, -0.05) is 18.2 Å². The summed E-state index contributed by atoms with van der Waals surface area (Å²) in [5.74, 6) is 1.29. The highest BCUT2D eigenvalue weighted by molar-refractivity contribution is 6.10. The van der Waals surface area contributed by atoms with Crippen molar-refractivity contribution in [1.82, 2.24) is 10.2 Å². The molecule has 2 aliphatic rings. The summed E-state index contributed by atoms with van der Waals surface area (Å²) in [5, 5.41) is 10.1. The van der Waals surface area contributed by atoms with Crippen LogP contribution in [0.1, 0.15) is 58.8 Å². The first-order valence-electron chi connectivity index (χ1n) is 10.5. The lowest BCUT2D eigenvalue weighted by Crippen LogP contribution is -2.23. The summed E-state index contributed by atoms with van der Waals surface area (Å²) in [6.45, 7) is 2.39. The lowest BCUT2D eigenvalue weighted by molar-refractivity contribution is -0.117. The van der Waals surface area contributed by atoms with Crippen molar-refractivity contribution in [2.45, 2.75) is 38.1 Å². The Labute approximate surface area is 180 Å². The van der Waals surface area contributed by atoms with Gasteiger partial charge in [0.1, 0.15) is 5.75 Å². The molecule has 1 aliphatic carbocycles. The molecule has 7 nitrogen and oxygen atoms in total. The predicted molar refractivity (Wildman–Crippen MR) is 118 cm³/mol. The van der Waals surface area contributed by atoms with Crippen molar-refractivity contribution in [2.24, 2.45) is 0 Å². The highest BCUT2D eigenvalue weighted by Crippen LogP contribution is 2.39. The zero-order chi connectivity index (χ0) is 21.5. The molecule has 1 aliphatic heterocycles. The first-order valence-corrected chi connectivity index (χ1v) is 10.5. The fraction of sp³-hybridized carbons (Fsp3) is 0.292. The molecule has 5 rings (SSSR count). The van der Waals surface area contributed by atoms with E-state index in [1.165, 1.54) is 12.8 Å². The lowest BCUT2D eigenvalue weighted by atomic mass is 10.00. The van der Waals surface area contributed by atoms with Gasteiger partial charge in [0, 0.05) is 28.9 Å². The van der Waals surface area contributed by atoms with Gasteiger partial charge in [-0.3, -0.25) is 14.7 Å². The van der Waals surface area contributed by atoms with Gasteiger partial charge in [0.25, 0.3) is 5.91 Å². The first-order chi connectivity index (χ1) is 15.0. The number of carbonyl (C=O) groups excluding carboxylic acids is 2. The lowest BCUT2D eigenvalue weighted by Gasteiger charge is -2.17. The molecule has 158 valence electrons. The minimum Gasteiger partial charge on any atom is -0.497 e. The topological polar surface area (TPSA) is 87.3 Å². The van der Waals surface area contributed by atoms with Crippen molar-refractivity contribution in [2.75, 3.05) is 17.3 Å². The zero-order valence-electron chi connectivity index (χ0n) is 17.5. The number of anilines is 2. The van der Waals surface area contributed by atoms with Crippen LogP contribution in [0.4, 0.5) is 11.5 Å². The van der Waals surface area contributed by atoms with Gasteiger partial charge in [0.05, 0.1) is 19.6 Å². The van der Waals surface area contributed by atoms with Gasteiger partial charge in [-0.2, -0.15) is 5.10 Å². The summed E-state index contributed by atoms with van der Waals surface area (Å²) < 4.78 is 5.24. The van der Waals surface area contributed by atoms with E-state index in [0.29, 0.717) is 29.6 Å². The number of fused-ring (bicyclic) bond motifs is 1. The fourth-order valence-electron chi connectivity index (χ4n) is 3.95. The number of methoxy groups -OCH3 is 1. The number of nitrogens with zero attached hydrogens (tertiary/aromatic N) is 2. The van der Waals surface area contributed by atoms with Gasteiger partial charge in [0.15, 0.2) is 5.82 Å². The SMILES string of the molecule is COc1ccc2c(c1)C(=O)N(c1ccc(C(C)C(=O)Nc3cc(C4CC4)[nH]n3)cc1)C2. The highest BCUT2D eigenvalue weighted by Gasteiger charge is 2.29. The van der Waals surface area contributed by atoms with Gasteiger partial charge < -0.3 is 15.0 Å². The van der Waals surface area contributed by atoms with Crippen LogP contribution >= 0.6 is 0 Å². The van der Waals surface area contributed by atoms with Crippen molar-refractivity contribution < 1.29 is 14.3 Å². The summed E-state index contributed by atoms with van der Waals surface area (Å²) >= 11 is 0. The molecule has 2 heterocycles. The monoisotopic (exact) mass is 416 g/mol. The Morgan fingerprint density at radius 2 is 1.97 bits per heavy atom. The quantitative estimate of drug-likeness (QED) is 0.631. The van der Waals surface area contributed by atoms with Crippen LogP contribution in [0.2, 0.25) is 0 Å². The smallest absolute Gasteiger partial charge is 0.259 e. The Morgan fingerprint density at radius 3 is 2.68 bits per heavy atom. The van der Waals surface area contributed by atoms with Gasteiger partial charge in [-0.25, -0.2) is 0 Å². The summed E-state index contributed by atoms with van der Waals surface area (Å²) in [6, 6.07) is 15.1. The second-order valence-corrected chi connectivity index (χ2v) is 8.20. The van der Waals surface area contributed by atoms with Crippen LogP contribution in [-0.4, -0.2) is 29.1 Å². The number of nitrogens with one attached hydrogen (secondary N) is 2. The van der Waals surface area contributed by atoms with E-state index in [9.17, 15) is 9.59 Å². The highest BCUT2D eigenvalue weighted by atomic mass is 16.5. The third-order valence-electron chi connectivity index (χ3n) is 6.09. The first kappa shape index (κ1) is 19.4. The molecule has 0 spiro atoms. The number of carbonyl (C=O) groups is 2. The van der Waals surface area contributed by atoms with Crippen molar-refractivity contribution in [3.63, 3.8) is 0 Å². The van der Waals surface area contributed by atoms with E-state index >= 15 is 0 Å². The zero-order valence-corrected chi connectivity index (χ0v) is 17.5. The molecule has 2 N–H and O–H groups in total. The van der Waals surface area contributed by atoms with Crippen LogP contribution in [0.5, 0.6) is 5.75 Å². The molecule has 3 aromatic rings. The fourth-order valence-corrected chi connectivity index (χ4v) is 3.95. The van der Waals surface area contributed by atoms with Crippen LogP contribution in [0.25, 0.3) is 0 Å². The van der Waals surface area contributed by atoms with Gasteiger partial charge in [-0.15, -0.1) is 0 Å². The summed E-state index contributed by atoms with van der Waals surface area (Å²) in [5.41, 5.74) is 4.41. The van der Waals surface area contributed by atoms with Crippen LogP contribution in [0.3, 0.4) is 0 Å². The molecule has 0 bridgehead atoms. The molecule has 2 amide bonds. The summed E-state index contributed by atoms with van der Waals surface area (Å²) in [6.07, 6.45) is 2.35. The van der Waals surface area contributed by atoms with Crippen LogP contribution in [0.15, 0.2) is 48.5 Å². The number of aromatic nitrogens is 2. The Hall–Kier alpha value is -3.61. The van der Waals surface area contributed by atoms with E-state index in [1.807, 2.05) is 49.4 Å². The van der Waals surface area contributed by atoms with Gasteiger partial charge in [-0.05, 0) is 55.2 Å². The molecule has 2 aromatic carbocycles. The van der Waals surface area contributed by atoms with Crippen LogP contribution in [0, 0.1) is 0 Å². The van der Waals surface area contributed by atoms with E-state index in [-0.39, 0.29) is 17.7 Å². The maximum atomic E-state index is 12.8. The summed E-state index contributed by atoms with van der Waals surface area (Å²) in [7, 11) is 1.59. The number of aromatic amines is 1. The number of benzene rings is 2. The molecule has 7 heteroatoms. The van der Waals surface area contributed by atoms with Gasteiger partial charge >= 0.3 is 0 Å². The molecule has 1 aromatic heterocycles. The third kappa shape index (κ3) is 3.67. The van der Waals surface area contributed by atoms with E-state index < -0.39 is 0 Å². The molecule has 31 heavy (non-hydrogen) atoms. The molecule has 1 saturated carbocycles. The number of hydrogen-bond acceptors (Lipinski definition) is 4. The number of amides is 2. The van der Waals surface area contributed by atoms with Gasteiger partial charge in [0.2, 0.25) is 5.91 Å². The van der Waals surface area contributed by atoms with Crippen molar-refractivity contribution in [3.05, 3.63) is 70.9 Å². The second-order valence-electron chi connectivity index (χ2n) is 8.20. The minimum atomic E-state index is -0.342. The van der Waals surface area contributed by atoms with Crippen molar-refractivity contribution in [3.8, 4) is 5.75 Å². The number of hydrogen-bond donors (Lipinski definition) is 2. The molecule has 0 radical (unpaired) electrons. The second kappa shape index (κ2) is 7.58. The van der Waals surface area contributed by atoms with E-state index in [2.05, 4.69) is 15.5 Å². The number of H-pyrrole nitrogens is 1. The van der Waals surface area contributed by atoms with Crippen LogP contribution in [-0.2, 0) is 11.3 Å². The molecule has 1 unspecified atom stereocenters. The Balaban J connectivity index is 1.27. The van der Waals surface area contributed by atoms with E-state index in [4.69, 9.17) is 4.74 Å². The predicted octanol–water partition coefficient (Wildman–Crippen LogP) is 4.20. The minimum absolute atomic E-state index is 0.0440. The average molecular weight is 416 g/mol. The maximum absolute atomic E-state index is 12.8. The molecular weight excluding hydrogens is 392 g/mol. The normalized spacial score (nSPS) is 16.2. The summed E-state index contributed by atoms with van der Waals surface area (Å²) in [4.78, 5) is 27.3. The standard InChI is InChI=1S/C24H24N4O3/c1-14(23(29)25-22-12-21(26-27-22)16-3-4-16)15-5-8-18(9-6-15)28-13-17-7-10-19(31-2)11-20(17)24(28)30/h5-12,14,16H,3-4,13H2,1-2H3,(H2,25,26,27,29). The van der Waals surface area contributed by atoms with E-state index in [0.717, 1.165) is 22.5 Å². The Bertz CT molecular complexity index is 1150. The third-order valence-corrected chi connectivity index (χ3v) is 6.09. The molecule has 1 atom stereocenters. The number of ether oxygens (including phenoxy) is 1. The van der Waals surface area contributed by atoms with Crippen molar-refractivity contribution >= 4 is 23.3 Å². The van der Waals surface area contributed by atoms with Crippen LogP contribution < -0.4 is 15.0 Å². The average Bonchev–Trinajstić information content (AvgIpc) is 3.46. The number of rotatable bonds is 6. The van der Waals surface area contributed by atoms with E-state index in [1.54, 1.807) is 18.1 Å². The molecule has 0 saturated heterocycles. The largest absolute Gasteiger partial charge is 0.497 e. The molecule has 1 fully saturated rings.